The van der Waals surface area contributed by atoms with E-state index in [0.717, 1.165) is 0 Å². The summed E-state index contributed by atoms with van der Waals surface area (Å²) in [7, 11) is 0. The van der Waals surface area contributed by atoms with Crippen LogP contribution in [0.5, 0.6) is 0 Å². The first-order valence-electron chi connectivity index (χ1n) is 5.76. The van der Waals surface area contributed by atoms with Gasteiger partial charge in [0.25, 0.3) is 0 Å². The second-order valence-electron chi connectivity index (χ2n) is 3.67. The first-order valence-corrected chi connectivity index (χ1v) is 5.76. The van der Waals surface area contributed by atoms with Gasteiger partial charge in [0.1, 0.15) is 6.61 Å². The number of ether oxygens (including phenoxy) is 1. The van der Waals surface area contributed by atoms with Crippen LogP contribution in [0.2, 0.25) is 0 Å². The maximum Gasteiger partial charge on any atom is 0.248 e. The molecule has 96 valence electrons. The van der Waals surface area contributed by atoms with Crippen LogP contribution in [-0.4, -0.2) is 60.0 Å². The van der Waals surface area contributed by atoms with E-state index in [1.54, 1.807) is 4.90 Å². The maximum absolute atomic E-state index is 11.7. The van der Waals surface area contributed by atoms with Crippen molar-refractivity contribution < 1.29 is 19.7 Å². The Bertz CT molecular complexity index is 187. The predicted molar refractivity (Wildman–Crippen MR) is 61.1 cm³/mol. The highest BCUT2D eigenvalue weighted by atomic mass is 16.5. The molecule has 0 aromatic rings. The standard InChI is InChI=1S/C11H23NO4/c1-3-12(10(2)5-7-14)11(15)9-16-8-4-6-13/h10,13-14H,3-9H2,1-2H3. The molecule has 0 heterocycles. The van der Waals surface area contributed by atoms with Gasteiger partial charge in [-0.15, -0.1) is 0 Å². The van der Waals surface area contributed by atoms with Crippen LogP contribution in [0, 0.1) is 0 Å². The molecule has 0 aliphatic rings. The Morgan fingerprint density at radius 1 is 1.38 bits per heavy atom. The van der Waals surface area contributed by atoms with Gasteiger partial charge in [-0.1, -0.05) is 0 Å². The smallest absolute Gasteiger partial charge is 0.248 e. The van der Waals surface area contributed by atoms with E-state index in [2.05, 4.69) is 0 Å². The Morgan fingerprint density at radius 2 is 2.06 bits per heavy atom. The van der Waals surface area contributed by atoms with Crippen molar-refractivity contribution in [1.82, 2.24) is 4.90 Å². The summed E-state index contributed by atoms with van der Waals surface area (Å²) in [6.45, 7) is 5.02. The number of aliphatic hydroxyl groups excluding tert-OH is 2. The third kappa shape index (κ3) is 6.05. The SMILES string of the molecule is CCN(C(=O)COCCCO)C(C)CCO. The maximum atomic E-state index is 11.7. The summed E-state index contributed by atoms with van der Waals surface area (Å²) in [5.41, 5.74) is 0. The normalized spacial score (nSPS) is 12.5. The zero-order chi connectivity index (χ0) is 12.4. The van der Waals surface area contributed by atoms with Crippen molar-refractivity contribution in [3.05, 3.63) is 0 Å². The Balaban J connectivity index is 3.90. The predicted octanol–water partition coefficient (Wildman–Crippen LogP) is 0.00480. The molecule has 0 rings (SSSR count). The molecule has 0 bridgehead atoms. The fourth-order valence-corrected chi connectivity index (χ4v) is 1.49. The average Bonchev–Trinajstić information content (AvgIpc) is 2.26. The minimum absolute atomic E-state index is 0.0314. The third-order valence-corrected chi connectivity index (χ3v) is 2.41. The Labute approximate surface area is 97.0 Å². The molecular formula is C11H23NO4. The van der Waals surface area contributed by atoms with Gasteiger partial charge in [-0.05, 0) is 26.7 Å². The molecule has 0 aliphatic heterocycles. The van der Waals surface area contributed by atoms with Crippen molar-refractivity contribution in [3.63, 3.8) is 0 Å². The monoisotopic (exact) mass is 233 g/mol. The highest BCUT2D eigenvalue weighted by Crippen LogP contribution is 2.04. The molecule has 5 heteroatoms. The lowest BCUT2D eigenvalue weighted by atomic mass is 10.2. The number of rotatable bonds is 9. The van der Waals surface area contributed by atoms with Gasteiger partial charge in [-0.25, -0.2) is 0 Å². The molecule has 0 aromatic heterocycles. The van der Waals surface area contributed by atoms with E-state index in [1.807, 2.05) is 13.8 Å². The van der Waals surface area contributed by atoms with Gasteiger partial charge in [-0.2, -0.15) is 0 Å². The number of likely N-dealkylation sites (N-methyl/N-ethyl adjacent to an activating group) is 1. The molecule has 0 spiro atoms. The van der Waals surface area contributed by atoms with Gasteiger partial charge < -0.3 is 19.8 Å². The van der Waals surface area contributed by atoms with Gasteiger partial charge >= 0.3 is 0 Å². The number of hydrogen-bond acceptors (Lipinski definition) is 4. The van der Waals surface area contributed by atoms with Crippen LogP contribution in [0.15, 0.2) is 0 Å². The molecule has 1 atom stereocenters. The fourth-order valence-electron chi connectivity index (χ4n) is 1.49. The number of carbonyl (C=O) groups is 1. The highest BCUT2D eigenvalue weighted by molar-refractivity contribution is 5.77. The van der Waals surface area contributed by atoms with Crippen molar-refractivity contribution >= 4 is 5.91 Å². The van der Waals surface area contributed by atoms with Gasteiger partial charge in [0.05, 0.1) is 0 Å². The van der Waals surface area contributed by atoms with E-state index < -0.39 is 0 Å². The number of amides is 1. The molecule has 16 heavy (non-hydrogen) atoms. The van der Waals surface area contributed by atoms with Crippen LogP contribution >= 0.6 is 0 Å². The van der Waals surface area contributed by atoms with Crippen molar-refractivity contribution in [1.29, 1.82) is 0 Å². The molecular weight excluding hydrogens is 210 g/mol. The van der Waals surface area contributed by atoms with E-state index in [9.17, 15) is 4.79 Å². The molecule has 5 nitrogen and oxygen atoms in total. The summed E-state index contributed by atoms with van der Waals surface area (Å²) in [5.74, 6) is -0.0682. The number of aliphatic hydroxyl groups is 2. The van der Waals surface area contributed by atoms with Crippen molar-refractivity contribution in [2.24, 2.45) is 0 Å². The number of carbonyl (C=O) groups excluding carboxylic acids is 1. The molecule has 0 saturated heterocycles. The van der Waals surface area contributed by atoms with Crippen molar-refractivity contribution in [3.8, 4) is 0 Å². The Kier molecular flexibility index (Phi) is 9.18. The minimum Gasteiger partial charge on any atom is -0.396 e. The summed E-state index contributed by atoms with van der Waals surface area (Å²) in [6, 6.07) is 0.0314. The first kappa shape index (κ1) is 15.3. The van der Waals surface area contributed by atoms with Crippen LogP contribution in [0.1, 0.15) is 26.7 Å². The van der Waals surface area contributed by atoms with E-state index in [-0.39, 0.29) is 31.8 Å². The lowest BCUT2D eigenvalue weighted by Crippen LogP contribution is -2.41. The average molecular weight is 233 g/mol. The van der Waals surface area contributed by atoms with Crippen molar-refractivity contribution in [2.45, 2.75) is 32.7 Å². The molecule has 0 aromatic carbocycles. The zero-order valence-electron chi connectivity index (χ0n) is 10.2. The largest absolute Gasteiger partial charge is 0.396 e. The molecule has 0 saturated carbocycles. The summed E-state index contributed by atoms with van der Waals surface area (Å²) >= 11 is 0. The van der Waals surface area contributed by atoms with Gasteiger partial charge in [-0.3, -0.25) is 4.79 Å². The van der Waals surface area contributed by atoms with E-state index in [1.165, 1.54) is 0 Å². The number of hydrogen-bond donors (Lipinski definition) is 2. The van der Waals surface area contributed by atoms with Crippen LogP contribution in [0.25, 0.3) is 0 Å². The molecule has 1 amide bonds. The topological polar surface area (TPSA) is 70.0 Å². The molecule has 0 fully saturated rings. The van der Waals surface area contributed by atoms with Crippen LogP contribution in [0.3, 0.4) is 0 Å². The molecule has 0 aliphatic carbocycles. The summed E-state index contributed by atoms with van der Waals surface area (Å²) in [6.07, 6.45) is 1.13. The zero-order valence-corrected chi connectivity index (χ0v) is 10.2. The quantitative estimate of drug-likeness (QED) is 0.550. The number of nitrogens with zero attached hydrogens (tertiary/aromatic N) is 1. The van der Waals surface area contributed by atoms with Gasteiger partial charge in [0.15, 0.2) is 0 Å². The summed E-state index contributed by atoms with van der Waals surface area (Å²) in [4.78, 5) is 13.4. The van der Waals surface area contributed by atoms with Crippen molar-refractivity contribution in [2.75, 3.05) is 33.0 Å². The minimum atomic E-state index is -0.0682. The van der Waals surface area contributed by atoms with Gasteiger partial charge in [0.2, 0.25) is 5.91 Å². The summed E-state index contributed by atoms with van der Waals surface area (Å²) < 4.78 is 5.13. The lowest BCUT2D eigenvalue weighted by Gasteiger charge is -2.27. The fraction of sp³-hybridized carbons (Fsp3) is 0.909. The summed E-state index contributed by atoms with van der Waals surface area (Å²) in [5, 5.41) is 17.4. The Morgan fingerprint density at radius 3 is 2.56 bits per heavy atom. The second-order valence-corrected chi connectivity index (χ2v) is 3.67. The Hall–Kier alpha value is -0.650. The first-order chi connectivity index (χ1) is 7.67. The molecule has 1 unspecified atom stereocenters. The highest BCUT2D eigenvalue weighted by Gasteiger charge is 2.17. The van der Waals surface area contributed by atoms with Crippen LogP contribution in [0.4, 0.5) is 0 Å². The molecule has 2 N–H and O–H groups in total. The third-order valence-electron chi connectivity index (χ3n) is 2.41. The van der Waals surface area contributed by atoms with E-state index in [0.29, 0.717) is 26.0 Å². The molecule has 0 radical (unpaired) electrons. The van der Waals surface area contributed by atoms with Gasteiger partial charge in [0, 0.05) is 32.4 Å². The van der Waals surface area contributed by atoms with Crippen LogP contribution < -0.4 is 0 Å². The van der Waals surface area contributed by atoms with E-state index >= 15 is 0 Å². The second kappa shape index (κ2) is 9.57. The van der Waals surface area contributed by atoms with E-state index in [4.69, 9.17) is 14.9 Å². The van der Waals surface area contributed by atoms with Crippen LogP contribution in [-0.2, 0) is 9.53 Å². The lowest BCUT2D eigenvalue weighted by molar-refractivity contribution is -0.138.